The van der Waals surface area contributed by atoms with E-state index in [4.69, 9.17) is 0 Å². The first-order valence-electron chi connectivity index (χ1n) is 9.16. The number of thiazole rings is 1. The van der Waals surface area contributed by atoms with E-state index in [2.05, 4.69) is 15.4 Å². The highest BCUT2D eigenvalue weighted by Crippen LogP contribution is 2.26. The molecule has 8 heteroatoms. The quantitative estimate of drug-likeness (QED) is 0.456. The number of thioether (sulfide) groups is 1. The minimum absolute atomic E-state index is 0.159. The molecule has 4 aromatic rings. The molecule has 0 aliphatic heterocycles. The standard InChI is InChI=1S/C22H18N4O2S2/c1-29-17-9-7-16(8-10-17)19-14-30-22(23-19)24-21(28)18-11-12-20(27)26(25-18)13-15-5-3-2-4-6-15/h2-12,14H,13H2,1H3,(H,23,24,28). The lowest BCUT2D eigenvalue weighted by Gasteiger charge is -2.07. The number of rotatable bonds is 6. The Morgan fingerprint density at radius 2 is 1.83 bits per heavy atom. The molecule has 4 rings (SSSR count). The highest BCUT2D eigenvalue weighted by atomic mass is 32.2. The van der Waals surface area contributed by atoms with Crippen molar-refractivity contribution < 1.29 is 4.79 Å². The number of carbonyl (C=O) groups excluding carboxylic acids is 1. The monoisotopic (exact) mass is 434 g/mol. The third kappa shape index (κ3) is 4.67. The molecule has 0 saturated carbocycles. The van der Waals surface area contributed by atoms with Gasteiger partial charge in [-0.05, 0) is 30.0 Å². The van der Waals surface area contributed by atoms with Crippen molar-refractivity contribution in [2.24, 2.45) is 0 Å². The second-order valence-electron chi connectivity index (χ2n) is 6.42. The number of aromatic nitrogens is 3. The Balaban J connectivity index is 1.49. The fourth-order valence-corrected chi connectivity index (χ4v) is 3.95. The number of nitrogens with one attached hydrogen (secondary N) is 1. The topological polar surface area (TPSA) is 76.9 Å². The zero-order valence-corrected chi connectivity index (χ0v) is 17.7. The molecule has 0 aliphatic carbocycles. The number of hydrogen-bond donors (Lipinski definition) is 1. The maximum atomic E-state index is 12.6. The van der Waals surface area contributed by atoms with Crippen molar-refractivity contribution in [3.63, 3.8) is 0 Å². The van der Waals surface area contributed by atoms with Crippen LogP contribution in [0.25, 0.3) is 11.3 Å². The van der Waals surface area contributed by atoms with Gasteiger partial charge in [0, 0.05) is 21.9 Å². The number of amides is 1. The summed E-state index contributed by atoms with van der Waals surface area (Å²) in [5, 5.41) is 9.36. The minimum atomic E-state index is -0.407. The van der Waals surface area contributed by atoms with Gasteiger partial charge in [0.05, 0.1) is 12.2 Å². The van der Waals surface area contributed by atoms with Crippen LogP contribution in [0.5, 0.6) is 0 Å². The van der Waals surface area contributed by atoms with Crippen LogP contribution in [-0.4, -0.2) is 26.9 Å². The van der Waals surface area contributed by atoms with Gasteiger partial charge in [-0.2, -0.15) is 5.10 Å². The summed E-state index contributed by atoms with van der Waals surface area (Å²) in [4.78, 5) is 30.4. The van der Waals surface area contributed by atoms with E-state index in [1.54, 1.807) is 11.8 Å². The molecule has 0 saturated heterocycles. The first kappa shape index (κ1) is 20.1. The Morgan fingerprint density at radius 3 is 2.57 bits per heavy atom. The van der Waals surface area contributed by atoms with Crippen molar-refractivity contribution in [2.45, 2.75) is 11.4 Å². The first-order chi connectivity index (χ1) is 14.6. The molecule has 0 bridgehead atoms. The van der Waals surface area contributed by atoms with Gasteiger partial charge < -0.3 is 0 Å². The van der Waals surface area contributed by atoms with E-state index in [0.717, 1.165) is 16.8 Å². The third-order valence-corrected chi connectivity index (χ3v) is 5.89. The Hall–Kier alpha value is -3.23. The summed E-state index contributed by atoms with van der Waals surface area (Å²) in [5.41, 5.74) is 2.61. The molecule has 2 aromatic heterocycles. The molecule has 1 N–H and O–H groups in total. The Labute approximate surface area is 181 Å². The predicted octanol–water partition coefficient (Wildman–Crippen LogP) is 4.39. The van der Waals surface area contributed by atoms with Gasteiger partial charge in [0.15, 0.2) is 5.13 Å². The molecule has 0 unspecified atom stereocenters. The van der Waals surface area contributed by atoms with Gasteiger partial charge in [-0.3, -0.25) is 14.9 Å². The summed E-state index contributed by atoms with van der Waals surface area (Å²) in [7, 11) is 0. The summed E-state index contributed by atoms with van der Waals surface area (Å²) in [6.45, 7) is 0.300. The van der Waals surface area contributed by atoms with Crippen LogP contribution >= 0.6 is 23.1 Å². The molecule has 6 nitrogen and oxygen atoms in total. The lowest BCUT2D eigenvalue weighted by Crippen LogP contribution is -2.26. The highest BCUT2D eigenvalue weighted by molar-refractivity contribution is 7.98. The summed E-state index contributed by atoms with van der Waals surface area (Å²) in [6, 6.07) is 20.4. The molecular formula is C22H18N4O2S2. The third-order valence-electron chi connectivity index (χ3n) is 4.38. The van der Waals surface area contributed by atoms with E-state index in [1.165, 1.54) is 33.0 Å². The lowest BCUT2D eigenvalue weighted by atomic mass is 10.2. The Bertz CT molecular complexity index is 1220. The molecule has 0 atom stereocenters. The number of anilines is 1. The van der Waals surface area contributed by atoms with Crippen LogP contribution in [0.15, 0.2) is 81.8 Å². The van der Waals surface area contributed by atoms with Crippen LogP contribution in [0.4, 0.5) is 5.13 Å². The predicted molar refractivity (Wildman–Crippen MR) is 121 cm³/mol. The van der Waals surface area contributed by atoms with Gasteiger partial charge in [0.1, 0.15) is 5.69 Å². The summed E-state index contributed by atoms with van der Waals surface area (Å²) < 4.78 is 1.28. The van der Waals surface area contributed by atoms with Gasteiger partial charge in [0.2, 0.25) is 0 Å². The number of benzene rings is 2. The van der Waals surface area contributed by atoms with Crippen LogP contribution in [-0.2, 0) is 6.54 Å². The maximum Gasteiger partial charge on any atom is 0.277 e. The Morgan fingerprint density at radius 1 is 1.07 bits per heavy atom. The fourth-order valence-electron chi connectivity index (χ4n) is 2.83. The summed E-state index contributed by atoms with van der Waals surface area (Å²) >= 11 is 3.02. The van der Waals surface area contributed by atoms with Crippen LogP contribution in [0.1, 0.15) is 16.1 Å². The van der Waals surface area contributed by atoms with E-state index in [9.17, 15) is 9.59 Å². The zero-order valence-electron chi connectivity index (χ0n) is 16.1. The second kappa shape index (κ2) is 9.06. The fraction of sp³-hybridized carbons (Fsp3) is 0.0909. The average Bonchev–Trinajstić information content (AvgIpc) is 3.24. The van der Waals surface area contributed by atoms with Gasteiger partial charge in [-0.15, -0.1) is 23.1 Å². The zero-order chi connectivity index (χ0) is 20.9. The van der Waals surface area contributed by atoms with Gasteiger partial charge in [-0.25, -0.2) is 9.67 Å². The highest BCUT2D eigenvalue weighted by Gasteiger charge is 2.13. The van der Waals surface area contributed by atoms with Crippen molar-refractivity contribution in [2.75, 3.05) is 11.6 Å². The minimum Gasteiger partial charge on any atom is -0.296 e. The van der Waals surface area contributed by atoms with Crippen LogP contribution < -0.4 is 10.9 Å². The van der Waals surface area contributed by atoms with Gasteiger partial charge in [0.25, 0.3) is 11.5 Å². The lowest BCUT2D eigenvalue weighted by molar-refractivity contribution is 0.102. The van der Waals surface area contributed by atoms with Crippen LogP contribution in [0, 0.1) is 0 Å². The van der Waals surface area contributed by atoms with E-state index in [1.807, 2.05) is 66.2 Å². The molecule has 0 aliphatic rings. The van der Waals surface area contributed by atoms with Gasteiger partial charge >= 0.3 is 0 Å². The van der Waals surface area contributed by atoms with Gasteiger partial charge in [-0.1, -0.05) is 42.5 Å². The van der Waals surface area contributed by atoms with Crippen molar-refractivity contribution in [3.8, 4) is 11.3 Å². The average molecular weight is 435 g/mol. The first-order valence-corrected chi connectivity index (χ1v) is 11.3. The molecule has 1 amide bonds. The Kier molecular flexibility index (Phi) is 6.06. The summed E-state index contributed by atoms with van der Waals surface area (Å²) in [5.74, 6) is -0.407. The normalized spacial score (nSPS) is 10.7. The van der Waals surface area contributed by atoms with Crippen LogP contribution in [0.2, 0.25) is 0 Å². The number of carbonyl (C=O) groups is 1. The van der Waals surface area contributed by atoms with Crippen molar-refractivity contribution >= 4 is 34.1 Å². The molecule has 2 aromatic carbocycles. The van der Waals surface area contributed by atoms with E-state index >= 15 is 0 Å². The van der Waals surface area contributed by atoms with Crippen LogP contribution in [0.3, 0.4) is 0 Å². The molecule has 2 heterocycles. The second-order valence-corrected chi connectivity index (χ2v) is 8.16. The molecule has 0 radical (unpaired) electrons. The molecule has 0 fully saturated rings. The SMILES string of the molecule is CSc1ccc(-c2csc(NC(=O)c3ccc(=O)n(Cc4ccccc4)n3)n2)cc1. The summed E-state index contributed by atoms with van der Waals surface area (Å²) in [6.07, 6.45) is 2.03. The largest absolute Gasteiger partial charge is 0.296 e. The molecule has 30 heavy (non-hydrogen) atoms. The van der Waals surface area contributed by atoms with E-state index < -0.39 is 5.91 Å². The maximum absolute atomic E-state index is 12.6. The number of hydrogen-bond acceptors (Lipinski definition) is 6. The molecule has 0 spiro atoms. The molecular weight excluding hydrogens is 416 g/mol. The number of nitrogens with zero attached hydrogens (tertiary/aromatic N) is 3. The van der Waals surface area contributed by atoms with E-state index in [-0.39, 0.29) is 11.3 Å². The molecule has 150 valence electrons. The smallest absolute Gasteiger partial charge is 0.277 e. The van der Waals surface area contributed by atoms with E-state index in [0.29, 0.717) is 11.7 Å². The van der Waals surface area contributed by atoms with Crippen molar-refractivity contribution in [1.82, 2.24) is 14.8 Å². The van der Waals surface area contributed by atoms with Crippen molar-refractivity contribution in [1.29, 1.82) is 0 Å². The van der Waals surface area contributed by atoms with Crippen molar-refractivity contribution in [3.05, 3.63) is 93.7 Å².